The molecule has 17 heavy (non-hydrogen) atoms. The van der Waals surface area contributed by atoms with Gasteiger partial charge >= 0.3 is 5.97 Å². The van der Waals surface area contributed by atoms with E-state index in [9.17, 15) is 4.79 Å². The van der Waals surface area contributed by atoms with Crippen LogP contribution in [0.5, 0.6) is 0 Å². The molecule has 0 aliphatic rings. The van der Waals surface area contributed by atoms with Gasteiger partial charge in [0.2, 0.25) is 0 Å². The third kappa shape index (κ3) is 2.92. The number of halogens is 2. The van der Waals surface area contributed by atoms with E-state index in [-0.39, 0.29) is 0 Å². The summed E-state index contributed by atoms with van der Waals surface area (Å²) < 4.78 is 4.98. The number of carbonyl (C=O) groups is 1. The van der Waals surface area contributed by atoms with Crippen molar-refractivity contribution in [1.82, 2.24) is 0 Å². The van der Waals surface area contributed by atoms with Gasteiger partial charge in [-0.2, -0.15) is 0 Å². The van der Waals surface area contributed by atoms with Crippen LogP contribution in [0.2, 0.25) is 10.0 Å². The van der Waals surface area contributed by atoms with Crippen LogP contribution in [0, 0.1) is 0 Å². The van der Waals surface area contributed by atoms with E-state index in [1.807, 2.05) is 6.92 Å². The molecule has 94 valence electrons. The number of carbonyl (C=O) groups excluding carboxylic acids is 1. The van der Waals surface area contributed by atoms with Crippen molar-refractivity contribution < 1.29 is 9.53 Å². The Morgan fingerprint density at radius 3 is 2.47 bits per heavy atom. The van der Waals surface area contributed by atoms with Gasteiger partial charge in [-0.25, -0.2) is 4.79 Å². The molecule has 1 aromatic rings. The molecule has 0 radical (unpaired) electrons. The lowest BCUT2D eigenvalue weighted by atomic mass is 9.88. The second-order valence-corrected chi connectivity index (χ2v) is 4.49. The van der Waals surface area contributed by atoms with E-state index in [1.165, 1.54) is 0 Å². The van der Waals surface area contributed by atoms with E-state index in [1.54, 1.807) is 25.1 Å². The molecule has 1 aromatic carbocycles. The summed E-state index contributed by atoms with van der Waals surface area (Å²) in [5.74, 6) is -0.458. The minimum absolute atomic E-state index is 0.291. The number of hydrogen-bond donors (Lipinski definition) is 1. The standard InChI is InChI=1S/C12H15Cl2NO2/c1-3-12(15,11(16)17-4-2)8-5-6-9(13)10(14)7-8/h5-7H,3-4,15H2,1-2H3. The van der Waals surface area contributed by atoms with Crippen LogP contribution in [0.15, 0.2) is 18.2 Å². The van der Waals surface area contributed by atoms with Crippen molar-refractivity contribution in [2.75, 3.05) is 6.61 Å². The highest BCUT2D eigenvalue weighted by Gasteiger charge is 2.36. The largest absolute Gasteiger partial charge is 0.464 e. The number of hydrogen-bond acceptors (Lipinski definition) is 3. The minimum atomic E-state index is -1.18. The summed E-state index contributed by atoms with van der Waals surface area (Å²) in [7, 11) is 0. The molecule has 1 atom stereocenters. The minimum Gasteiger partial charge on any atom is -0.464 e. The molecule has 0 bridgehead atoms. The summed E-state index contributed by atoms with van der Waals surface area (Å²) in [5.41, 5.74) is 5.52. The third-order valence-corrected chi connectivity index (χ3v) is 3.37. The first-order valence-electron chi connectivity index (χ1n) is 5.37. The average molecular weight is 276 g/mol. The number of nitrogens with two attached hydrogens (primary N) is 1. The maximum atomic E-state index is 11.9. The van der Waals surface area contributed by atoms with Gasteiger partial charge in [-0.15, -0.1) is 0 Å². The zero-order valence-electron chi connectivity index (χ0n) is 9.80. The van der Waals surface area contributed by atoms with Crippen molar-refractivity contribution in [3.05, 3.63) is 33.8 Å². The van der Waals surface area contributed by atoms with Crippen LogP contribution >= 0.6 is 23.2 Å². The van der Waals surface area contributed by atoms with Crippen molar-refractivity contribution in [1.29, 1.82) is 0 Å². The van der Waals surface area contributed by atoms with Crippen LogP contribution < -0.4 is 5.73 Å². The third-order valence-electron chi connectivity index (χ3n) is 2.63. The Hall–Kier alpha value is -0.770. The summed E-state index contributed by atoms with van der Waals surface area (Å²) >= 11 is 11.7. The second-order valence-electron chi connectivity index (χ2n) is 3.67. The van der Waals surface area contributed by atoms with Crippen LogP contribution in [-0.4, -0.2) is 12.6 Å². The van der Waals surface area contributed by atoms with Crippen LogP contribution in [0.3, 0.4) is 0 Å². The van der Waals surface area contributed by atoms with E-state index in [2.05, 4.69) is 0 Å². The lowest BCUT2D eigenvalue weighted by molar-refractivity contribution is -0.150. The molecular weight excluding hydrogens is 261 g/mol. The molecule has 0 aromatic heterocycles. The summed E-state index contributed by atoms with van der Waals surface area (Å²) in [6.07, 6.45) is 0.420. The first-order valence-corrected chi connectivity index (χ1v) is 6.13. The Kier molecular flexibility index (Phi) is 4.80. The maximum Gasteiger partial charge on any atom is 0.330 e. The smallest absolute Gasteiger partial charge is 0.330 e. The number of esters is 1. The molecule has 0 amide bonds. The first kappa shape index (κ1) is 14.3. The van der Waals surface area contributed by atoms with Crippen molar-refractivity contribution in [2.24, 2.45) is 5.73 Å². The Balaban J connectivity index is 3.15. The molecular formula is C12H15Cl2NO2. The first-order chi connectivity index (χ1) is 7.95. The Morgan fingerprint density at radius 2 is 2.00 bits per heavy atom. The molecule has 2 N–H and O–H groups in total. The lowest BCUT2D eigenvalue weighted by Crippen LogP contribution is -2.45. The molecule has 0 aliphatic carbocycles. The van der Waals surface area contributed by atoms with E-state index < -0.39 is 11.5 Å². The molecule has 0 aliphatic heterocycles. The molecule has 0 spiro atoms. The summed E-state index contributed by atoms with van der Waals surface area (Å²) in [4.78, 5) is 11.9. The monoisotopic (exact) mass is 275 g/mol. The fourth-order valence-electron chi connectivity index (χ4n) is 1.50. The number of rotatable bonds is 4. The van der Waals surface area contributed by atoms with Crippen LogP contribution in [0.25, 0.3) is 0 Å². The van der Waals surface area contributed by atoms with Crippen LogP contribution in [0.4, 0.5) is 0 Å². The maximum absolute atomic E-state index is 11.9. The predicted octanol–water partition coefficient (Wildman–Crippen LogP) is 3.12. The van der Waals surface area contributed by atoms with Crippen molar-refractivity contribution in [3.63, 3.8) is 0 Å². The number of benzene rings is 1. The quantitative estimate of drug-likeness (QED) is 0.859. The molecule has 0 fully saturated rings. The Morgan fingerprint density at radius 1 is 1.35 bits per heavy atom. The van der Waals surface area contributed by atoms with Gasteiger partial charge in [0.05, 0.1) is 16.7 Å². The number of ether oxygens (including phenoxy) is 1. The lowest BCUT2D eigenvalue weighted by Gasteiger charge is -2.26. The highest BCUT2D eigenvalue weighted by atomic mass is 35.5. The van der Waals surface area contributed by atoms with Gasteiger partial charge in [-0.3, -0.25) is 0 Å². The van der Waals surface area contributed by atoms with Gasteiger partial charge in [0, 0.05) is 0 Å². The van der Waals surface area contributed by atoms with Gasteiger partial charge in [-0.05, 0) is 31.0 Å². The van der Waals surface area contributed by atoms with E-state index in [0.717, 1.165) is 0 Å². The van der Waals surface area contributed by atoms with Gasteiger partial charge in [0.25, 0.3) is 0 Å². The molecule has 0 heterocycles. The normalized spacial score (nSPS) is 14.2. The van der Waals surface area contributed by atoms with Gasteiger partial charge in [-0.1, -0.05) is 36.2 Å². The summed E-state index contributed by atoms with van der Waals surface area (Å²) in [6.45, 7) is 3.85. The Labute approximate surface area is 111 Å². The van der Waals surface area contributed by atoms with Gasteiger partial charge in [0.1, 0.15) is 5.54 Å². The van der Waals surface area contributed by atoms with Crippen LogP contribution in [-0.2, 0) is 15.1 Å². The highest BCUT2D eigenvalue weighted by Crippen LogP contribution is 2.30. The molecule has 1 rings (SSSR count). The average Bonchev–Trinajstić information content (AvgIpc) is 2.32. The molecule has 1 unspecified atom stereocenters. The van der Waals surface area contributed by atoms with Crippen molar-refractivity contribution >= 4 is 29.2 Å². The fraction of sp³-hybridized carbons (Fsp3) is 0.417. The molecule has 3 nitrogen and oxygen atoms in total. The van der Waals surface area contributed by atoms with Gasteiger partial charge in [0.15, 0.2) is 0 Å². The van der Waals surface area contributed by atoms with Crippen LogP contribution in [0.1, 0.15) is 25.8 Å². The highest BCUT2D eigenvalue weighted by molar-refractivity contribution is 6.42. The topological polar surface area (TPSA) is 52.3 Å². The van der Waals surface area contributed by atoms with E-state index in [4.69, 9.17) is 33.7 Å². The SMILES string of the molecule is CCOC(=O)C(N)(CC)c1ccc(Cl)c(Cl)c1. The van der Waals surface area contributed by atoms with Crippen molar-refractivity contribution in [2.45, 2.75) is 25.8 Å². The zero-order valence-corrected chi connectivity index (χ0v) is 11.3. The van der Waals surface area contributed by atoms with E-state index in [0.29, 0.717) is 28.6 Å². The zero-order chi connectivity index (χ0) is 13.1. The summed E-state index contributed by atoms with van der Waals surface area (Å²) in [5, 5.41) is 0.800. The van der Waals surface area contributed by atoms with Gasteiger partial charge < -0.3 is 10.5 Å². The summed E-state index contributed by atoms with van der Waals surface area (Å²) in [6, 6.07) is 4.91. The fourth-order valence-corrected chi connectivity index (χ4v) is 1.80. The molecule has 0 saturated carbocycles. The second kappa shape index (κ2) is 5.71. The van der Waals surface area contributed by atoms with E-state index >= 15 is 0 Å². The Bertz CT molecular complexity index is 423. The molecule has 5 heteroatoms. The van der Waals surface area contributed by atoms with Crippen molar-refractivity contribution in [3.8, 4) is 0 Å². The molecule has 0 saturated heterocycles. The predicted molar refractivity (Wildman–Crippen MR) is 69.3 cm³/mol.